The molecular weight excluding hydrogens is 436 g/mol. The fourth-order valence-corrected chi connectivity index (χ4v) is 4.46. The number of amides is 2. The highest BCUT2D eigenvalue weighted by Crippen LogP contribution is 2.34. The summed E-state index contributed by atoms with van der Waals surface area (Å²) in [6.45, 7) is -0.415. The predicted octanol–water partition coefficient (Wildman–Crippen LogP) is 3.55. The molecule has 2 amide bonds. The van der Waals surface area contributed by atoms with Gasteiger partial charge in [0.15, 0.2) is 5.78 Å². The van der Waals surface area contributed by atoms with Crippen LogP contribution in [-0.2, 0) is 9.59 Å². The van der Waals surface area contributed by atoms with Gasteiger partial charge in [0, 0.05) is 19.4 Å². The Morgan fingerprint density at radius 3 is 2.15 bits per heavy atom. The standard InChI is InChI=1S/C26H24N2O6/c29-21(11-6-12-28-25(33)18-9-4-5-10-19(18)26(28)34)24-20(27-15-23(31)32)13-17(14-22(24)30)16-7-2-1-3-8-16/h1-5,7-10,17,29H,6,11-15H2,(H,31,32)/t17-/m0/s1. The first-order valence-electron chi connectivity index (χ1n) is 11.1. The molecule has 0 radical (unpaired) electrons. The van der Waals surface area contributed by atoms with Crippen molar-refractivity contribution in [2.24, 2.45) is 4.99 Å². The Morgan fingerprint density at radius 1 is 0.912 bits per heavy atom. The van der Waals surface area contributed by atoms with Gasteiger partial charge in [-0.25, -0.2) is 0 Å². The molecule has 2 N–H and O–H groups in total. The maximum atomic E-state index is 13.0. The van der Waals surface area contributed by atoms with E-state index in [1.807, 2.05) is 30.3 Å². The summed E-state index contributed by atoms with van der Waals surface area (Å²) in [4.78, 5) is 54.3. The summed E-state index contributed by atoms with van der Waals surface area (Å²) < 4.78 is 0. The molecule has 8 nitrogen and oxygen atoms in total. The number of hydrogen-bond donors (Lipinski definition) is 2. The number of aliphatic carboxylic acids is 1. The molecule has 0 spiro atoms. The summed E-state index contributed by atoms with van der Waals surface area (Å²) in [6.07, 6.45) is 0.813. The van der Waals surface area contributed by atoms with Crippen molar-refractivity contribution in [3.63, 3.8) is 0 Å². The number of carbonyl (C=O) groups is 4. The van der Waals surface area contributed by atoms with E-state index in [9.17, 15) is 24.3 Å². The maximum absolute atomic E-state index is 13.0. The van der Waals surface area contributed by atoms with Crippen LogP contribution in [0.15, 0.2) is 70.9 Å². The molecule has 0 aromatic heterocycles. The highest BCUT2D eigenvalue weighted by molar-refractivity contribution is 6.25. The van der Waals surface area contributed by atoms with E-state index in [0.717, 1.165) is 10.5 Å². The number of imide groups is 1. The third-order valence-corrected chi connectivity index (χ3v) is 6.08. The predicted molar refractivity (Wildman–Crippen MR) is 124 cm³/mol. The number of carboxylic acid groups (broad SMARTS) is 1. The summed E-state index contributed by atoms with van der Waals surface area (Å²) >= 11 is 0. The average Bonchev–Trinajstić information content (AvgIpc) is 3.08. The second-order valence-corrected chi connectivity index (χ2v) is 8.33. The van der Waals surface area contributed by atoms with Crippen molar-refractivity contribution in [1.29, 1.82) is 0 Å². The van der Waals surface area contributed by atoms with Gasteiger partial charge >= 0.3 is 5.97 Å². The van der Waals surface area contributed by atoms with Crippen molar-refractivity contribution >= 4 is 29.3 Å². The van der Waals surface area contributed by atoms with Crippen LogP contribution in [0.3, 0.4) is 0 Å². The Morgan fingerprint density at radius 2 is 1.53 bits per heavy atom. The number of aliphatic imine (C=N–C) groups is 1. The summed E-state index contributed by atoms with van der Waals surface area (Å²) in [6, 6.07) is 16.0. The van der Waals surface area contributed by atoms with Gasteiger partial charge < -0.3 is 10.2 Å². The van der Waals surface area contributed by atoms with Crippen LogP contribution >= 0.6 is 0 Å². The van der Waals surface area contributed by atoms with E-state index in [1.54, 1.807) is 24.3 Å². The lowest BCUT2D eigenvalue weighted by molar-refractivity contribution is -0.135. The smallest absolute Gasteiger partial charge is 0.325 e. The molecule has 4 rings (SSSR count). The van der Waals surface area contributed by atoms with Crippen LogP contribution in [0.1, 0.15) is 57.9 Å². The second-order valence-electron chi connectivity index (χ2n) is 8.33. The third-order valence-electron chi connectivity index (χ3n) is 6.08. The van der Waals surface area contributed by atoms with Crippen LogP contribution in [0.25, 0.3) is 0 Å². The number of aliphatic hydroxyl groups excluding tert-OH is 1. The molecule has 1 aliphatic carbocycles. The molecule has 1 aliphatic heterocycles. The molecule has 1 heterocycles. The quantitative estimate of drug-likeness (QED) is 0.370. The Balaban J connectivity index is 1.49. The fourth-order valence-electron chi connectivity index (χ4n) is 4.46. The molecule has 2 aromatic carbocycles. The topological polar surface area (TPSA) is 124 Å². The Hall–Kier alpha value is -4.07. The first-order valence-corrected chi connectivity index (χ1v) is 11.1. The number of aliphatic hydroxyl groups is 1. The lowest BCUT2D eigenvalue weighted by atomic mass is 9.78. The molecule has 1 atom stereocenters. The van der Waals surface area contributed by atoms with Crippen molar-refractivity contribution < 1.29 is 29.4 Å². The summed E-state index contributed by atoms with van der Waals surface area (Å²) in [5.41, 5.74) is 1.98. The third kappa shape index (κ3) is 4.66. The van der Waals surface area contributed by atoms with Crippen LogP contribution in [0.5, 0.6) is 0 Å². The zero-order valence-electron chi connectivity index (χ0n) is 18.4. The lowest BCUT2D eigenvalue weighted by Gasteiger charge is -2.26. The van der Waals surface area contributed by atoms with Gasteiger partial charge in [0.25, 0.3) is 11.8 Å². The van der Waals surface area contributed by atoms with Crippen LogP contribution in [0.4, 0.5) is 0 Å². The number of ketones is 1. The van der Waals surface area contributed by atoms with Crippen LogP contribution in [0, 0.1) is 0 Å². The van der Waals surface area contributed by atoms with Crippen LogP contribution in [-0.4, -0.2) is 57.5 Å². The molecule has 174 valence electrons. The van der Waals surface area contributed by atoms with E-state index < -0.39 is 12.5 Å². The Labute approximate surface area is 196 Å². The number of benzene rings is 2. The molecule has 2 aliphatic rings. The molecule has 34 heavy (non-hydrogen) atoms. The van der Waals surface area contributed by atoms with Crippen molar-refractivity contribution in [2.75, 3.05) is 13.1 Å². The number of rotatable bonds is 7. The van der Waals surface area contributed by atoms with Crippen molar-refractivity contribution in [2.45, 2.75) is 31.6 Å². The average molecular weight is 460 g/mol. The molecule has 2 aromatic rings. The van der Waals surface area contributed by atoms with E-state index in [2.05, 4.69) is 4.99 Å². The van der Waals surface area contributed by atoms with Crippen molar-refractivity contribution in [1.82, 2.24) is 4.90 Å². The maximum Gasteiger partial charge on any atom is 0.325 e. The van der Waals surface area contributed by atoms with E-state index in [1.165, 1.54) is 0 Å². The lowest BCUT2D eigenvalue weighted by Crippen LogP contribution is -2.31. The zero-order chi connectivity index (χ0) is 24.2. The van der Waals surface area contributed by atoms with Gasteiger partial charge in [-0.2, -0.15) is 0 Å². The molecule has 0 saturated heterocycles. The number of allylic oxidation sites excluding steroid dienone is 2. The summed E-state index contributed by atoms with van der Waals surface area (Å²) in [5.74, 6) is -2.55. The summed E-state index contributed by atoms with van der Waals surface area (Å²) in [7, 11) is 0. The number of nitrogens with zero attached hydrogens (tertiary/aromatic N) is 2. The van der Waals surface area contributed by atoms with Gasteiger partial charge in [0.05, 0.1) is 22.4 Å². The van der Waals surface area contributed by atoms with E-state index in [-0.39, 0.29) is 66.4 Å². The van der Waals surface area contributed by atoms with Crippen LogP contribution < -0.4 is 0 Å². The molecule has 0 unspecified atom stereocenters. The zero-order valence-corrected chi connectivity index (χ0v) is 18.4. The van der Waals surface area contributed by atoms with Gasteiger partial charge in [-0.1, -0.05) is 42.5 Å². The highest BCUT2D eigenvalue weighted by Gasteiger charge is 2.35. The minimum absolute atomic E-state index is 0.0517. The van der Waals surface area contributed by atoms with Crippen molar-refractivity contribution in [3.8, 4) is 0 Å². The number of fused-ring (bicyclic) bond motifs is 1. The van der Waals surface area contributed by atoms with E-state index in [4.69, 9.17) is 5.11 Å². The van der Waals surface area contributed by atoms with Gasteiger partial charge in [0.1, 0.15) is 12.3 Å². The van der Waals surface area contributed by atoms with Gasteiger partial charge in [-0.05, 0) is 36.5 Å². The first-order chi connectivity index (χ1) is 16.4. The van der Waals surface area contributed by atoms with Crippen LogP contribution in [0.2, 0.25) is 0 Å². The second kappa shape index (κ2) is 9.82. The Kier molecular flexibility index (Phi) is 6.67. The first kappa shape index (κ1) is 23.1. The monoisotopic (exact) mass is 460 g/mol. The van der Waals surface area contributed by atoms with Crippen molar-refractivity contribution in [3.05, 3.63) is 82.6 Å². The van der Waals surface area contributed by atoms with E-state index in [0.29, 0.717) is 17.5 Å². The Bertz CT molecular complexity index is 1180. The normalized spacial score (nSPS) is 20.6. The largest absolute Gasteiger partial charge is 0.511 e. The summed E-state index contributed by atoms with van der Waals surface area (Å²) in [5, 5.41) is 19.8. The number of Topliss-reactive ketones (excluding diaryl/α,β-unsaturated/α-hetero) is 1. The molecule has 1 fully saturated rings. The minimum Gasteiger partial charge on any atom is -0.511 e. The minimum atomic E-state index is -1.13. The molecule has 8 heteroatoms. The molecular formula is C26H24N2O6. The van der Waals surface area contributed by atoms with Gasteiger partial charge in [-0.15, -0.1) is 0 Å². The molecule has 1 saturated carbocycles. The SMILES string of the molecule is O=C(O)CN=C1C[C@H](c2ccccc2)CC(=O)C1=C(O)CCCN1C(=O)c2ccccc2C1=O. The fraction of sp³-hybridized carbons (Fsp3) is 0.269. The number of hydrogen-bond acceptors (Lipinski definition) is 6. The number of carboxylic acids is 1. The van der Waals surface area contributed by atoms with E-state index >= 15 is 0 Å². The number of carbonyl (C=O) groups excluding carboxylic acids is 3. The molecule has 0 bridgehead atoms. The highest BCUT2D eigenvalue weighted by atomic mass is 16.4. The van der Waals surface area contributed by atoms with Gasteiger partial charge in [0.2, 0.25) is 0 Å². The van der Waals surface area contributed by atoms with Gasteiger partial charge in [-0.3, -0.25) is 29.1 Å².